The van der Waals surface area contributed by atoms with E-state index < -0.39 is 5.60 Å². The molecule has 3 rings (SSSR count). The summed E-state index contributed by atoms with van der Waals surface area (Å²) in [5.41, 5.74) is 3.03. The molecule has 3 atom stereocenters. The molecule has 0 aliphatic carbocycles. The van der Waals surface area contributed by atoms with Crippen LogP contribution in [0.3, 0.4) is 0 Å². The van der Waals surface area contributed by atoms with Gasteiger partial charge in [0.05, 0.1) is 5.92 Å². The van der Waals surface area contributed by atoms with Gasteiger partial charge in [0, 0.05) is 18.6 Å². The van der Waals surface area contributed by atoms with Crippen molar-refractivity contribution >= 4 is 5.97 Å². The van der Waals surface area contributed by atoms with Crippen molar-refractivity contribution in [3.8, 4) is 0 Å². The van der Waals surface area contributed by atoms with Gasteiger partial charge in [0.15, 0.2) is 0 Å². The normalized spacial score (nSPS) is 14.6. The molecule has 168 valence electrons. The van der Waals surface area contributed by atoms with Gasteiger partial charge in [0.25, 0.3) is 0 Å². The van der Waals surface area contributed by atoms with Crippen molar-refractivity contribution in [1.29, 1.82) is 0 Å². The Balaban J connectivity index is 2.06. The summed E-state index contributed by atoms with van der Waals surface area (Å²) in [5.74, 6) is -0.517. The molecule has 0 amide bonds. The Labute approximate surface area is 193 Å². The first-order valence-electron chi connectivity index (χ1n) is 11.4. The van der Waals surface area contributed by atoms with Crippen molar-refractivity contribution in [3.05, 3.63) is 108 Å². The van der Waals surface area contributed by atoms with Gasteiger partial charge in [-0.05, 0) is 44.4 Å². The summed E-state index contributed by atoms with van der Waals surface area (Å²) in [6, 6.07) is 31.2. The van der Waals surface area contributed by atoms with Crippen LogP contribution in [0.2, 0.25) is 0 Å². The second kappa shape index (κ2) is 10.6. The van der Waals surface area contributed by atoms with Gasteiger partial charge in [0.2, 0.25) is 0 Å². The molecule has 0 heterocycles. The Hall–Kier alpha value is -2.91. The highest BCUT2D eigenvalue weighted by atomic mass is 16.6. The Bertz CT molecular complexity index is 964. The van der Waals surface area contributed by atoms with E-state index in [1.165, 1.54) is 11.1 Å². The van der Waals surface area contributed by atoms with Crippen molar-refractivity contribution in [3.63, 3.8) is 0 Å². The minimum atomic E-state index is -0.526. The zero-order valence-corrected chi connectivity index (χ0v) is 19.9. The Morgan fingerprint density at radius 1 is 0.781 bits per heavy atom. The number of benzene rings is 3. The third-order valence-electron chi connectivity index (χ3n) is 5.74. The molecule has 0 aliphatic heterocycles. The summed E-state index contributed by atoms with van der Waals surface area (Å²) >= 11 is 0. The molecule has 3 heteroatoms. The summed E-state index contributed by atoms with van der Waals surface area (Å²) in [7, 11) is 0. The van der Waals surface area contributed by atoms with Crippen LogP contribution in [-0.2, 0) is 16.1 Å². The Morgan fingerprint density at radius 3 is 1.75 bits per heavy atom. The molecular weight excluding hydrogens is 394 g/mol. The fourth-order valence-electron chi connectivity index (χ4n) is 4.13. The van der Waals surface area contributed by atoms with Crippen LogP contribution in [0.1, 0.15) is 63.4 Å². The van der Waals surface area contributed by atoms with Gasteiger partial charge in [-0.1, -0.05) is 97.9 Å². The molecular formula is C29H35NO2. The van der Waals surface area contributed by atoms with E-state index in [0.717, 1.165) is 12.1 Å². The molecule has 0 N–H and O–H groups in total. The van der Waals surface area contributed by atoms with Gasteiger partial charge >= 0.3 is 5.97 Å². The molecule has 3 nitrogen and oxygen atoms in total. The standard InChI is InChI=1S/C29H35NO2/c1-22(28(31)32-29(3,4)5)27(26-19-13-8-14-20-26)30(21-24-15-9-6-10-16-24)23(2)25-17-11-7-12-18-25/h6-20,22-23,27H,21H2,1-5H3/t22-,23+,27-/m0/s1. The number of carbonyl (C=O) groups excluding carboxylic acids is 1. The third-order valence-corrected chi connectivity index (χ3v) is 5.74. The van der Waals surface area contributed by atoms with E-state index in [1.54, 1.807) is 0 Å². The lowest BCUT2D eigenvalue weighted by Gasteiger charge is -2.40. The minimum Gasteiger partial charge on any atom is -0.460 e. The van der Waals surface area contributed by atoms with Crippen molar-refractivity contribution in [2.75, 3.05) is 0 Å². The minimum absolute atomic E-state index is 0.103. The summed E-state index contributed by atoms with van der Waals surface area (Å²) in [5, 5.41) is 0. The predicted molar refractivity (Wildman–Crippen MR) is 131 cm³/mol. The van der Waals surface area contributed by atoms with Crippen molar-refractivity contribution < 1.29 is 9.53 Å². The lowest BCUT2D eigenvalue weighted by atomic mass is 9.90. The van der Waals surface area contributed by atoms with Gasteiger partial charge in [-0.15, -0.1) is 0 Å². The summed E-state index contributed by atoms with van der Waals surface area (Å²) < 4.78 is 5.82. The van der Waals surface area contributed by atoms with Gasteiger partial charge in [-0.2, -0.15) is 0 Å². The van der Waals surface area contributed by atoms with E-state index in [1.807, 2.05) is 58.0 Å². The molecule has 0 saturated heterocycles. The fourth-order valence-corrected chi connectivity index (χ4v) is 4.13. The van der Waals surface area contributed by atoms with Gasteiger partial charge < -0.3 is 4.74 Å². The number of hydrogen-bond acceptors (Lipinski definition) is 3. The quantitative estimate of drug-likeness (QED) is 0.362. The van der Waals surface area contributed by atoms with Crippen molar-refractivity contribution in [2.24, 2.45) is 5.92 Å². The van der Waals surface area contributed by atoms with E-state index >= 15 is 0 Å². The van der Waals surface area contributed by atoms with Crippen LogP contribution in [0.4, 0.5) is 0 Å². The van der Waals surface area contributed by atoms with E-state index in [9.17, 15) is 4.79 Å². The Morgan fingerprint density at radius 2 is 1.25 bits per heavy atom. The molecule has 32 heavy (non-hydrogen) atoms. The molecule has 0 fully saturated rings. The third kappa shape index (κ3) is 6.30. The van der Waals surface area contributed by atoms with Gasteiger partial charge in [-0.25, -0.2) is 0 Å². The molecule has 0 unspecified atom stereocenters. The number of hydrogen-bond donors (Lipinski definition) is 0. The summed E-state index contributed by atoms with van der Waals surface area (Å²) in [4.78, 5) is 15.7. The maximum Gasteiger partial charge on any atom is 0.311 e. The topological polar surface area (TPSA) is 29.5 Å². The second-order valence-electron chi connectivity index (χ2n) is 9.42. The van der Waals surface area contributed by atoms with E-state index in [0.29, 0.717) is 0 Å². The largest absolute Gasteiger partial charge is 0.460 e. The first-order valence-corrected chi connectivity index (χ1v) is 11.4. The van der Waals surface area contributed by atoms with Crippen LogP contribution in [0.15, 0.2) is 91.0 Å². The monoisotopic (exact) mass is 429 g/mol. The van der Waals surface area contributed by atoms with Crippen LogP contribution in [0, 0.1) is 5.92 Å². The molecule has 0 saturated carbocycles. The molecule has 3 aromatic carbocycles. The number of carbonyl (C=O) groups is 1. The van der Waals surface area contributed by atoms with Gasteiger partial charge in [-0.3, -0.25) is 9.69 Å². The number of esters is 1. The highest BCUT2D eigenvalue weighted by molar-refractivity contribution is 5.73. The molecule has 3 aromatic rings. The highest BCUT2D eigenvalue weighted by Crippen LogP contribution is 2.38. The molecule has 0 bridgehead atoms. The zero-order chi connectivity index (χ0) is 23.1. The summed E-state index contributed by atoms with van der Waals surface area (Å²) in [6.45, 7) is 10.7. The van der Waals surface area contributed by atoms with E-state index in [2.05, 4.69) is 72.5 Å². The maximum absolute atomic E-state index is 13.2. The molecule has 0 spiro atoms. The second-order valence-corrected chi connectivity index (χ2v) is 9.42. The molecule has 0 radical (unpaired) electrons. The summed E-state index contributed by atoms with van der Waals surface area (Å²) in [6.07, 6.45) is 0. The van der Waals surface area contributed by atoms with Crippen molar-refractivity contribution in [2.45, 2.75) is 58.8 Å². The van der Waals surface area contributed by atoms with Gasteiger partial charge in [0.1, 0.15) is 5.60 Å². The first kappa shape index (κ1) is 23.7. The smallest absolute Gasteiger partial charge is 0.311 e. The molecule has 0 aromatic heterocycles. The van der Waals surface area contributed by atoms with E-state index in [4.69, 9.17) is 4.74 Å². The predicted octanol–water partition coefficient (Wildman–Crippen LogP) is 6.97. The highest BCUT2D eigenvalue weighted by Gasteiger charge is 2.36. The maximum atomic E-state index is 13.2. The number of ether oxygens (including phenoxy) is 1. The lowest BCUT2D eigenvalue weighted by Crippen LogP contribution is -2.39. The Kier molecular flexibility index (Phi) is 7.87. The first-order chi connectivity index (χ1) is 15.3. The zero-order valence-electron chi connectivity index (χ0n) is 19.9. The van der Waals surface area contributed by atoms with Crippen LogP contribution < -0.4 is 0 Å². The van der Waals surface area contributed by atoms with Crippen LogP contribution >= 0.6 is 0 Å². The number of rotatable bonds is 8. The van der Waals surface area contributed by atoms with Crippen LogP contribution in [0.25, 0.3) is 0 Å². The average Bonchev–Trinajstić information content (AvgIpc) is 2.79. The van der Waals surface area contributed by atoms with E-state index in [-0.39, 0.29) is 24.0 Å². The lowest BCUT2D eigenvalue weighted by molar-refractivity contribution is -0.162. The average molecular weight is 430 g/mol. The number of nitrogens with zero attached hydrogens (tertiary/aromatic N) is 1. The molecule has 0 aliphatic rings. The fraction of sp³-hybridized carbons (Fsp3) is 0.345. The SMILES string of the molecule is C[C@H](C(=O)OC(C)(C)C)[C@@H](c1ccccc1)N(Cc1ccccc1)[C@H](C)c1ccccc1. The van der Waals surface area contributed by atoms with Crippen LogP contribution in [-0.4, -0.2) is 16.5 Å². The van der Waals surface area contributed by atoms with Crippen molar-refractivity contribution in [1.82, 2.24) is 4.90 Å². The van der Waals surface area contributed by atoms with Crippen LogP contribution in [0.5, 0.6) is 0 Å².